The van der Waals surface area contributed by atoms with Crippen molar-refractivity contribution in [2.75, 3.05) is 0 Å². The van der Waals surface area contributed by atoms with Gasteiger partial charge in [0.1, 0.15) is 11.2 Å². The normalized spacial score (nSPS) is 12.9. The molecule has 0 radical (unpaired) electrons. The highest BCUT2D eigenvalue weighted by molar-refractivity contribution is 7.25. The Morgan fingerprint density at radius 2 is 0.938 bits per heavy atom. The van der Waals surface area contributed by atoms with Crippen molar-refractivity contribution in [2.24, 2.45) is 0 Å². The maximum atomic E-state index is 6.58. The fraction of sp³-hybridized carbons (Fsp3) is 0.0500. The molecule has 0 atom stereocenters. The molecule has 3 aromatic heterocycles. The highest BCUT2D eigenvalue weighted by Gasteiger charge is 2.37. The van der Waals surface area contributed by atoms with Gasteiger partial charge in [-0.1, -0.05) is 166 Å². The van der Waals surface area contributed by atoms with E-state index < -0.39 is 0 Å². The Balaban J connectivity index is 0.941. The first-order chi connectivity index (χ1) is 31.9. The maximum Gasteiger partial charge on any atom is 0.164 e. The molecule has 1 aliphatic rings. The number of furan rings is 1. The molecule has 9 aromatic carbocycles. The molecule has 0 amide bonds. The van der Waals surface area contributed by atoms with E-state index >= 15 is 0 Å². The third-order valence-corrected chi connectivity index (χ3v) is 14.5. The molecule has 5 heteroatoms. The minimum Gasteiger partial charge on any atom is -0.456 e. The Hall–Kier alpha value is -7.99. The van der Waals surface area contributed by atoms with Crippen LogP contribution in [0.3, 0.4) is 0 Å². The van der Waals surface area contributed by atoms with E-state index in [9.17, 15) is 0 Å². The van der Waals surface area contributed by atoms with Crippen LogP contribution in [0.2, 0.25) is 0 Å². The quantitative estimate of drug-likeness (QED) is 0.167. The summed E-state index contributed by atoms with van der Waals surface area (Å²) in [7, 11) is 0. The molecule has 0 aliphatic heterocycles. The third-order valence-electron chi connectivity index (χ3n) is 13.3. The molecule has 3 heterocycles. The second-order valence-corrected chi connectivity index (χ2v) is 18.6. The first-order valence-corrected chi connectivity index (χ1v) is 22.9. The van der Waals surface area contributed by atoms with Crippen molar-refractivity contribution in [1.29, 1.82) is 0 Å². The molecule has 4 nitrogen and oxygen atoms in total. The van der Waals surface area contributed by atoms with E-state index in [-0.39, 0.29) is 5.41 Å². The zero-order valence-corrected chi connectivity index (χ0v) is 36.5. The van der Waals surface area contributed by atoms with E-state index in [1.807, 2.05) is 18.2 Å². The fourth-order valence-corrected chi connectivity index (χ4v) is 11.3. The summed E-state index contributed by atoms with van der Waals surface area (Å²) in [5.41, 5.74) is 16.7. The van der Waals surface area contributed by atoms with Gasteiger partial charge in [-0.2, -0.15) is 0 Å². The van der Waals surface area contributed by atoms with Crippen molar-refractivity contribution >= 4 is 53.4 Å². The van der Waals surface area contributed by atoms with Crippen molar-refractivity contribution < 1.29 is 4.42 Å². The lowest BCUT2D eigenvalue weighted by Crippen LogP contribution is -2.16. The Morgan fingerprint density at radius 3 is 1.82 bits per heavy atom. The smallest absolute Gasteiger partial charge is 0.164 e. The molecule has 0 fully saturated rings. The molecule has 13 rings (SSSR count). The van der Waals surface area contributed by atoms with Gasteiger partial charge in [0.05, 0.1) is 0 Å². The van der Waals surface area contributed by atoms with Crippen molar-refractivity contribution in [3.63, 3.8) is 0 Å². The molecule has 0 saturated carbocycles. The van der Waals surface area contributed by atoms with Crippen LogP contribution >= 0.6 is 11.3 Å². The van der Waals surface area contributed by atoms with Crippen LogP contribution in [0.4, 0.5) is 0 Å². The lowest BCUT2D eigenvalue weighted by molar-refractivity contribution is 0.662. The Labute approximate surface area is 380 Å². The molecular formula is C60H39N3OS. The molecule has 65 heavy (non-hydrogen) atoms. The molecule has 12 aromatic rings. The van der Waals surface area contributed by atoms with Gasteiger partial charge in [-0.05, 0) is 104 Å². The first kappa shape index (κ1) is 37.6. The van der Waals surface area contributed by atoms with Crippen LogP contribution in [0.1, 0.15) is 25.0 Å². The predicted molar refractivity (Wildman–Crippen MR) is 270 cm³/mol. The van der Waals surface area contributed by atoms with E-state index in [0.29, 0.717) is 17.5 Å². The van der Waals surface area contributed by atoms with Gasteiger partial charge in [0.25, 0.3) is 0 Å². The van der Waals surface area contributed by atoms with Crippen molar-refractivity contribution in [3.8, 4) is 78.7 Å². The highest BCUT2D eigenvalue weighted by Crippen LogP contribution is 2.52. The fourth-order valence-electron chi connectivity index (χ4n) is 10.2. The third kappa shape index (κ3) is 6.07. The van der Waals surface area contributed by atoms with Crippen LogP contribution < -0.4 is 0 Å². The lowest BCUT2D eigenvalue weighted by Gasteiger charge is -2.24. The van der Waals surface area contributed by atoms with Gasteiger partial charge in [-0.15, -0.1) is 11.3 Å². The number of thiophene rings is 1. The van der Waals surface area contributed by atoms with Gasteiger partial charge in [0.15, 0.2) is 17.5 Å². The van der Waals surface area contributed by atoms with Crippen LogP contribution in [0.5, 0.6) is 0 Å². The number of nitrogens with zero attached hydrogens (tertiary/aromatic N) is 3. The second kappa shape index (κ2) is 14.5. The van der Waals surface area contributed by atoms with Crippen LogP contribution in [-0.4, -0.2) is 15.0 Å². The molecule has 0 saturated heterocycles. The topological polar surface area (TPSA) is 51.8 Å². The molecule has 0 unspecified atom stereocenters. The number of benzene rings is 9. The molecule has 306 valence electrons. The van der Waals surface area contributed by atoms with Gasteiger partial charge in [0, 0.05) is 53.1 Å². The van der Waals surface area contributed by atoms with Crippen LogP contribution in [0.25, 0.3) is 121 Å². The number of aromatic nitrogens is 3. The summed E-state index contributed by atoms with van der Waals surface area (Å²) in [6.07, 6.45) is 0. The summed E-state index contributed by atoms with van der Waals surface area (Å²) in [6.45, 7) is 4.70. The second-order valence-electron chi connectivity index (χ2n) is 17.5. The standard InChI is InChI=1S/C60H39N3OS/c1-60(2)50-22-8-6-17-44(50)46-20-11-19-43(56(46)60)38-27-25-37(26-28-38)40-29-31-51-49(34-40)55-47(21-12-23-52(55)64-51)59-62-57(41-16-10-15-39(33-41)36-13-4-3-5-14-36)61-58(63-59)42-30-32-54-48(35-42)45-18-7-9-24-53(45)65-54/h3-35H,1-2H3. The largest absolute Gasteiger partial charge is 0.456 e. The van der Waals surface area contributed by atoms with Crippen LogP contribution in [0.15, 0.2) is 205 Å². The zero-order valence-electron chi connectivity index (χ0n) is 35.7. The van der Waals surface area contributed by atoms with Gasteiger partial charge >= 0.3 is 0 Å². The van der Waals surface area contributed by atoms with Gasteiger partial charge < -0.3 is 4.42 Å². The van der Waals surface area contributed by atoms with Crippen LogP contribution in [0, 0.1) is 0 Å². The predicted octanol–water partition coefficient (Wildman–Crippen LogP) is 16.4. The summed E-state index contributed by atoms with van der Waals surface area (Å²) in [5.74, 6) is 1.82. The molecular weight excluding hydrogens is 811 g/mol. The van der Waals surface area contributed by atoms with Crippen LogP contribution in [-0.2, 0) is 5.41 Å². The van der Waals surface area contributed by atoms with E-state index in [4.69, 9.17) is 19.4 Å². The zero-order chi connectivity index (χ0) is 43.2. The average Bonchev–Trinajstić information content (AvgIpc) is 4.01. The van der Waals surface area contributed by atoms with Gasteiger partial charge in [-0.25, -0.2) is 15.0 Å². The summed E-state index contributed by atoms with van der Waals surface area (Å²) >= 11 is 1.81. The minimum absolute atomic E-state index is 0.0922. The van der Waals surface area contributed by atoms with Gasteiger partial charge in [-0.3, -0.25) is 0 Å². The summed E-state index contributed by atoms with van der Waals surface area (Å²) < 4.78 is 9.07. The number of hydrogen-bond acceptors (Lipinski definition) is 5. The monoisotopic (exact) mass is 849 g/mol. The molecule has 1 aliphatic carbocycles. The van der Waals surface area contributed by atoms with E-state index in [1.54, 1.807) is 11.3 Å². The SMILES string of the molecule is CC1(C)c2ccccc2-c2cccc(-c3ccc(-c4ccc5oc6cccc(-c7nc(-c8cccc(-c9ccccc9)c8)nc(-c8ccc9sc%10ccccc%10c9c8)n7)c6c5c4)cc3)c21. The van der Waals surface area contributed by atoms with E-state index in [1.165, 1.54) is 53.6 Å². The molecule has 0 spiro atoms. The van der Waals surface area contributed by atoms with Gasteiger partial charge in [0.2, 0.25) is 0 Å². The number of rotatable bonds is 6. The highest BCUT2D eigenvalue weighted by atomic mass is 32.1. The number of hydrogen-bond donors (Lipinski definition) is 0. The van der Waals surface area contributed by atoms with Crippen molar-refractivity contribution in [3.05, 3.63) is 211 Å². The Kier molecular flexibility index (Phi) is 8.39. The molecule has 0 N–H and O–H groups in total. The van der Waals surface area contributed by atoms with Crippen molar-refractivity contribution in [1.82, 2.24) is 15.0 Å². The minimum atomic E-state index is -0.0922. The maximum absolute atomic E-state index is 6.58. The summed E-state index contributed by atoms with van der Waals surface area (Å²) in [5, 5.41) is 4.42. The van der Waals surface area contributed by atoms with E-state index in [0.717, 1.165) is 60.9 Å². The average molecular weight is 850 g/mol. The summed E-state index contributed by atoms with van der Waals surface area (Å²) in [6, 6.07) is 71.3. The number of fused-ring (bicyclic) bond motifs is 9. The Morgan fingerprint density at radius 1 is 0.369 bits per heavy atom. The molecule has 0 bridgehead atoms. The summed E-state index contributed by atoms with van der Waals surface area (Å²) in [4.78, 5) is 15.8. The first-order valence-electron chi connectivity index (χ1n) is 22.1. The van der Waals surface area contributed by atoms with Crippen molar-refractivity contribution in [2.45, 2.75) is 19.3 Å². The van der Waals surface area contributed by atoms with E-state index in [2.05, 4.69) is 196 Å². The Bertz CT molecular complexity index is 3860. The lowest BCUT2D eigenvalue weighted by atomic mass is 9.79.